The summed E-state index contributed by atoms with van der Waals surface area (Å²) in [6.45, 7) is 6.83. The van der Waals surface area contributed by atoms with Crippen LogP contribution < -0.4 is 16.4 Å². The summed E-state index contributed by atoms with van der Waals surface area (Å²) in [5.41, 5.74) is 11.7. The molecule has 1 atom stereocenters. The van der Waals surface area contributed by atoms with Crippen LogP contribution in [-0.4, -0.2) is 46.5 Å². The van der Waals surface area contributed by atoms with Crippen molar-refractivity contribution in [1.82, 2.24) is 14.9 Å². The van der Waals surface area contributed by atoms with Crippen molar-refractivity contribution in [3.05, 3.63) is 6.07 Å². The highest BCUT2D eigenvalue weighted by molar-refractivity contribution is 5.77. The minimum Gasteiger partial charge on any atom is -0.383 e. The van der Waals surface area contributed by atoms with Crippen LogP contribution in [0.25, 0.3) is 0 Å². The predicted octanol–water partition coefficient (Wildman–Crippen LogP) is 1.26. The topological polar surface area (TPSA) is 101 Å². The maximum atomic E-state index is 12.2. The average Bonchev–Trinajstić information content (AvgIpc) is 2.49. The molecule has 0 aliphatic carbocycles. The summed E-state index contributed by atoms with van der Waals surface area (Å²) in [6.07, 6.45) is 3.82. The lowest BCUT2D eigenvalue weighted by Crippen LogP contribution is -2.55. The van der Waals surface area contributed by atoms with Gasteiger partial charge in [0.25, 0.3) is 0 Å². The van der Waals surface area contributed by atoms with Gasteiger partial charge < -0.3 is 21.3 Å². The number of carbonyl (C=O) groups is 1. The fraction of sp³-hybridized carbons (Fsp3) is 0.688. The Balaban J connectivity index is 1.81. The first kappa shape index (κ1) is 15.8. The highest BCUT2D eigenvalue weighted by Gasteiger charge is 2.42. The van der Waals surface area contributed by atoms with E-state index in [1.807, 2.05) is 4.90 Å². The first-order valence-electron chi connectivity index (χ1n) is 8.33. The zero-order valence-electron chi connectivity index (χ0n) is 14.0. The third-order valence-electron chi connectivity index (χ3n) is 5.05. The van der Waals surface area contributed by atoms with Crippen molar-refractivity contribution in [3.63, 3.8) is 0 Å². The van der Waals surface area contributed by atoms with Gasteiger partial charge in [0.15, 0.2) is 0 Å². The molecule has 23 heavy (non-hydrogen) atoms. The van der Waals surface area contributed by atoms with Gasteiger partial charge in [0.05, 0.1) is 0 Å². The zero-order chi connectivity index (χ0) is 16.6. The molecular weight excluding hydrogens is 292 g/mol. The minimum absolute atomic E-state index is 0.144. The Bertz CT molecular complexity index is 584. The van der Waals surface area contributed by atoms with Gasteiger partial charge in [-0.2, -0.15) is 9.97 Å². The maximum Gasteiger partial charge on any atom is 0.223 e. The van der Waals surface area contributed by atoms with E-state index in [2.05, 4.69) is 28.7 Å². The van der Waals surface area contributed by atoms with Gasteiger partial charge in [0.1, 0.15) is 11.6 Å². The molecule has 3 rings (SSSR count). The van der Waals surface area contributed by atoms with Crippen LogP contribution >= 0.6 is 0 Å². The van der Waals surface area contributed by atoms with Gasteiger partial charge in [-0.3, -0.25) is 4.79 Å². The van der Waals surface area contributed by atoms with Gasteiger partial charge in [0, 0.05) is 43.6 Å². The molecule has 1 amide bonds. The highest BCUT2D eigenvalue weighted by Crippen LogP contribution is 2.40. The molecule has 4 N–H and O–H groups in total. The van der Waals surface area contributed by atoms with Crippen LogP contribution in [0.5, 0.6) is 0 Å². The number of anilines is 3. The lowest BCUT2D eigenvalue weighted by atomic mass is 9.73. The molecule has 1 aromatic rings. The number of likely N-dealkylation sites (tertiary alicyclic amines) is 1. The molecule has 2 aliphatic heterocycles. The molecule has 2 saturated heterocycles. The first-order valence-corrected chi connectivity index (χ1v) is 8.33. The monoisotopic (exact) mass is 318 g/mol. The van der Waals surface area contributed by atoms with Crippen molar-refractivity contribution in [3.8, 4) is 0 Å². The Morgan fingerprint density at radius 1 is 1.22 bits per heavy atom. The van der Waals surface area contributed by atoms with Gasteiger partial charge in [-0.25, -0.2) is 0 Å². The number of nitrogen functional groups attached to an aromatic ring is 2. The maximum absolute atomic E-state index is 12.2. The molecule has 126 valence electrons. The van der Waals surface area contributed by atoms with E-state index < -0.39 is 0 Å². The lowest BCUT2D eigenvalue weighted by molar-refractivity contribution is -0.140. The van der Waals surface area contributed by atoms with E-state index in [0.717, 1.165) is 44.7 Å². The van der Waals surface area contributed by atoms with E-state index in [9.17, 15) is 4.79 Å². The van der Waals surface area contributed by atoms with Crippen LogP contribution in [0.3, 0.4) is 0 Å². The molecule has 2 aliphatic rings. The van der Waals surface area contributed by atoms with E-state index in [1.165, 1.54) is 0 Å². The SMILES string of the molecule is CC(C)N1CC2(CCCN(c3cc(N)nc(N)n3)C2)CCC1=O. The number of rotatable bonds is 2. The standard InChI is InChI=1S/C16H26N6O/c1-11(2)22-10-16(6-4-14(22)23)5-3-7-21(9-16)13-8-12(17)19-15(18)20-13/h8,11H,3-7,9-10H2,1-2H3,(H4,17,18,19,20). The molecule has 3 heterocycles. The Kier molecular flexibility index (Phi) is 4.04. The number of hydrogen-bond donors (Lipinski definition) is 2. The number of hydrogen-bond acceptors (Lipinski definition) is 6. The van der Waals surface area contributed by atoms with E-state index >= 15 is 0 Å². The van der Waals surface area contributed by atoms with Crippen molar-refractivity contribution in [1.29, 1.82) is 0 Å². The van der Waals surface area contributed by atoms with Crippen LogP contribution in [0.2, 0.25) is 0 Å². The largest absolute Gasteiger partial charge is 0.383 e. The summed E-state index contributed by atoms with van der Waals surface area (Å²) < 4.78 is 0. The summed E-state index contributed by atoms with van der Waals surface area (Å²) in [4.78, 5) is 24.7. The Hall–Kier alpha value is -2.05. The molecule has 1 unspecified atom stereocenters. The minimum atomic E-state index is 0.144. The van der Waals surface area contributed by atoms with Gasteiger partial charge in [-0.1, -0.05) is 0 Å². The first-order chi connectivity index (χ1) is 10.9. The smallest absolute Gasteiger partial charge is 0.223 e. The highest BCUT2D eigenvalue weighted by atomic mass is 16.2. The van der Waals surface area contributed by atoms with E-state index in [4.69, 9.17) is 11.5 Å². The van der Waals surface area contributed by atoms with Gasteiger partial charge in [-0.05, 0) is 33.1 Å². The number of nitrogens with two attached hydrogens (primary N) is 2. The summed E-state index contributed by atoms with van der Waals surface area (Å²) in [5.74, 6) is 1.68. The second-order valence-corrected chi connectivity index (χ2v) is 7.15. The van der Waals surface area contributed by atoms with Crippen molar-refractivity contribution in [2.24, 2.45) is 5.41 Å². The van der Waals surface area contributed by atoms with E-state index in [0.29, 0.717) is 12.2 Å². The molecule has 0 bridgehead atoms. The van der Waals surface area contributed by atoms with Gasteiger partial charge >= 0.3 is 0 Å². The Morgan fingerprint density at radius 2 is 2.00 bits per heavy atom. The van der Waals surface area contributed by atoms with Crippen LogP contribution in [0, 0.1) is 5.41 Å². The molecule has 1 spiro atoms. The van der Waals surface area contributed by atoms with Crippen molar-refractivity contribution < 1.29 is 4.79 Å². The molecule has 7 nitrogen and oxygen atoms in total. The predicted molar refractivity (Wildman–Crippen MR) is 90.8 cm³/mol. The van der Waals surface area contributed by atoms with E-state index in [1.54, 1.807) is 6.07 Å². The molecule has 0 radical (unpaired) electrons. The molecule has 2 fully saturated rings. The second-order valence-electron chi connectivity index (χ2n) is 7.15. The summed E-state index contributed by atoms with van der Waals surface area (Å²) in [7, 11) is 0. The van der Waals surface area contributed by atoms with Crippen LogP contribution in [0.15, 0.2) is 6.07 Å². The van der Waals surface area contributed by atoms with Crippen LogP contribution in [0.4, 0.5) is 17.6 Å². The molecule has 0 saturated carbocycles. The third-order valence-corrected chi connectivity index (χ3v) is 5.05. The Morgan fingerprint density at radius 3 is 2.70 bits per heavy atom. The quantitative estimate of drug-likeness (QED) is 0.851. The van der Waals surface area contributed by atoms with Crippen molar-refractivity contribution in [2.45, 2.75) is 45.6 Å². The van der Waals surface area contributed by atoms with Gasteiger partial charge in [-0.15, -0.1) is 0 Å². The summed E-state index contributed by atoms with van der Waals surface area (Å²) in [6, 6.07) is 2.03. The van der Waals surface area contributed by atoms with Crippen LogP contribution in [0.1, 0.15) is 39.5 Å². The third kappa shape index (κ3) is 3.18. The van der Waals surface area contributed by atoms with Crippen molar-refractivity contribution >= 4 is 23.5 Å². The normalized spacial score (nSPS) is 25.4. The number of carbonyl (C=O) groups excluding carboxylic acids is 1. The van der Waals surface area contributed by atoms with Crippen molar-refractivity contribution in [2.75, 3.05) is 36.0 Å². The zero-order valence-corrected chi connectivity index (χ0v) is 14.0. The molecular formula is C16H26N6O. The number of amides is 1. The second kappa shape index (κ2) is 5.86. The average molecular weight is 318 g/mol. The Labute approximate surface area is 137 Å². The number of piperidine rings is 2. The number of aromatic nitrogens is 2. The van der Waals surface area contributed by atoms with Gasteiger partial charge in [0.2, 0.25) is 11.9 Å². The summed E-state index contributed by atoms with van der Waals surface area (Å²) in [5, 5.41) is 0. The molecule has 0 aromatic carbocycles. The van der Waals surface area contributed by atoms with E-state index in [-0.39, 0.29) is 23.3 Å². The number of nitrogens with zero attached hydrogens (tertiary/aromatic N) is 4. The fourth-order valence-corrected chi connectivity index (χ4v) is 3.88. The fourth-order valence-electron chi connectivity index (χ4n) is 3.88. The van der Waals surface area contributed by atoms with Crippen LogP contribution in [-0.2, 0) is 4.79 Å². The molecule has 7 heteroatoms. The molecule has 1 aromatic heterocycles. The summed E-state index contributed by atoms with van der Waals surface area (Å²) >= 11 is 0. The lowest BCUT2D eigenvalue weighted by Gasteiger charge is -2.49.